The van der Waals surface area contributed by atoms with Gasteiger partial charge in [0.2, 0.25) is 0 Å². The lowest BCUT2D eigenvalue weighted by atomic mass is 10.0. The van der Waals surface area contributed by atoms with Gasteiger partial charge in [-0.3, -0.25) is 0 Å². The van der Waals surface area contributed by atoms with Crippen molar-refractivity contribution in [3.8, 4) is 0 Å². The second-order valence-corrected chi connectivity index (χ2v) is 4.73. The Morgan fingerprint density at radius 2 is 2.28 bits per heavy atom. The van der Waals surface area contributed by atoms with Crippen molar-refractivity contribution in [2.24, 2.45) is 0 Å². The molecule has 1 aliphatic heterocycles. The molecule has 1 saturated heterocycles. The van der Waals surface area contributed by atoms with Crippen molar-refractivity contribution in [1.82, 2.24) is 9.97 Å². The van der Waals surface area contributed by atoms with Gasteiger partial charge in [-0.2, -0.15) is 0 Å². The Bertz CT molecular complexity index is 397. The summed E-state index contributed by atoms with van der Waals surface area (Å²) in [6.45, 7) is 6.10. The van der Waals surface area contributed by atoms with Crippen LogP contribution in [-0.2, 0) is 0 Å². The molecule has 2 heterocycles. The molecule has 1 unspecified atom stereocenters. The fourth-order valence-electron chi connectivity index (χ4n) is 2.55. The number of aromatic nitrogens is 2. The Labute approximate surface area is 108 Å². The molecule has 1 aromatic rings. The third-order valence-corrected chi connectivity index (χ3v) is 3.51. The molecule has 2 rings (SSSR count). The molecule has 0 radical (unpaired) electrons. The Morgan fingerprint density at radius 1 is 1.44 bits per heavy atom. The van der Waals surface area contributed by atoms with Crippen LogP contribution in [0, 0.1) is 6.92 Å². The summed E-state index contributed by atoms with van der Waals surface area (Å²) in [6, 6.07) is 0.196. The highest BCUT2D eigenvalue weighted by molar-refractivity contribution is 5.58. The monoisotopic (exact) mass is 250 g/mol. The second-order valence-electron chi connectivity index (χ2n) is 4.73. The first-order valence-electron chi connectivity index (χ1n) is 6.71. The van der Waals surface area contributed by atoms with Crippen molar-refractivity contribution < 1.29 is 5.11 Å². The first-order chi connectivity index (χ1) is 8.77. The van der Waals surface area contributed by atoms with Crippen LogP contribution in [-0.4, -0.2) is 40.8 Å². The van der Waals surface area contributed by atoms with Crippen molar-refractivity contribution >= 4 is 11.6 Å². The average molecular weight is 250 g/mol. The molecule has 0 aliphatic carbocycles. The highest BCUT2D eigenvalue weighted by atomic mass is 16.3. The minimum atomic E-state index is 0.194. The summed E-state index contributed by atoms with van der Waals surface area (Å²) in [4.78, 5) is 10.9. The van der Waals surface area contributed by atoms with Gasteiger partial charge in [-0.15, -0.1) is 0 Å². The van der Waals surface area contributed by atoms with E-state index in [0.717, 1.165) is 43.1 Å². The lowest BCUT2D eigenvalue weighted by Gasteiger charge is -2.36. The predicted octanol–water partition coefficient (Wildman–Crippen LogP) is 1.57. The predicted molar refractivity (Wildman–Crippen MR) is 73.0 cm³/mol. The summed E-state index contributed by atoms with van der Waals surface area (Å²) >= 11 is 0. The molecule has 0 aromatic carbocycles. The van der Waals surface area contributed by atoms with Crippen LogP contribution in [0.5, 0.6) is 0 Å². The molecule has 1 fully saturated rings. The van der Waals surface area contributed by atoms with E-state index in [2.05, 4.69) is 27.1 Å². The highest BCUT2D eigenvalue weighted by Crippen LogP contribution is 2.28. The van der Waals surface area contributed by atoms with E-state index < -0.39 is 0 Å². The molecule has 0 bridgehead atoms. The van der Waals surface area contributed by atoms with Gasteiger partial charge < -0.3 is 15.3 Å². The standard InChI is InChI=1S/C13H22N4O/c1-3-14-12-10(2)13(16-9-15-12)17-7-5-4-6-11(17)8-18/h9,11,18H,3-8H2,1-2H3,(H,14,15,16). The van der Waals surface area contributed by atoms with Gasteiger partial charge >= 0.3 is 0 Å². The molecule has 2 N–H and O–H groups in total. The number of aliphatic hydroxyl groups is 1. The topological polar surface area (TPSA) is 61.3 Å². The highest BCUT2D eigenvalue weighted by Gasteiger charge is 2.24. The van der Waals surface area contributed by atoms with Crippen LogP contribution in [0.3, 0.4) is 0 Å². The van der Waals surface area contributed by atoms with Crippen LogP contribution in [0.25, 0.3) is 0 Å². The first-order valence-corrected chi connectivity index (χ1v) is 6.71. The molecule has 18 heavy (non-hydrogen) atoms. The molecular formula is C13H22N4O. The fraction of sp³-hybridized carbons (Fsp3) is 0.692. The van der Waals surface area contributed by atoms with Gasteiger partial charge in [0.15, 0.2) is 0 Å². The number of nitrogens with one attached hydrogen (secondary N) is 1. The van der Waals surface area contributed by atoms with Gasteiger partial charge in [-0.1, -0.05) is 0 Å². The molecule has 0 spiro atoms. The second kappa shape index (κ2) is 6.00. The molecular weight excluding hydrogens is 228 g/mol. The van der Waals surface area contributed by atoms with E-state index >= 15 is 0 Å². The largest absolute Gasteiger partial charge is 0.394 e. The van der Waals surface area contributed by atoms with Crippen molar-refractivity contribution in [1.29, 1.82) is 0 Å². The Morgan fingerprint density at radius 3 is 3.00 bits per heavy atom. The van der Waals surface area contributed by atoms with Gasteiger partial charge in [-0.05, 0) is 33.1 Å². The maximum Gasteiger partial charge on any atom is 0.137 e. The number of aliphatic hydroxyl groups excluding tert-OH is 1. The molecule has 1 aromatic heterocycles. The molecule has 0 saturated carbocycles. The molecule has 1 aliphatic rings. The third kappa shape index (κ3) is 2.56. The van der Waals surface area contributed by atoms with Crippen molar-refractivity contribution in [2.45, 2.75) is 39.2 Å². The summed E-state index contributed by atoms with van der Waals surface area (Å²) in [5, 5.41) is 12.7. The lowest BCUT2D eigenvalue weighted by Crippen LogP contribution is -2.42. The Hall–Kier alpha value is -1.36. The lowest BCUT2D eigenvalue weighted by molar-refractivity contribution is 0.239. The Kier molecular flexibility index (Phi) is 4.36. The molecule has 0 amide bonds. The number of hydrogen-bond acceptors (Lipinski definition) is 5. The zero-order valence-electron chi connectivity index (χ0n) is 11.2. The first kappa shape index (κ1) is 13.1. The minimum absolute atomic E-state index is 0.194. The van der Waals surface area contributed by atoms with E-state index in [9.17, 15) is 5.11 Å². The van der Waals surface area contributed by atoms with Crippen LogP contribution < -0.4 is 10.2 Å². The van der Waals surface area contributed by atoms with Gasteiger partial charge in [-0.25, -0.2) is 9.97 Å². The zero-order chi connectivity index (χ0) is 13.0. The number of nitrogens with zero attached hydrogens (tertiary/aromatic N) is 3. The van der Waals surface area contributed by atoms with E-state index in [1.165, 1.54) is 6.42 Å². The van der Waals surface area contributed by atoms with Gasteiger partial charge in [0.1, 0.15) is 18.0 Å². The summed E-state index contributed by atoms with van der Waals surface area (Å²) in [6.07, 6.45) is 4.99. The summed E-state index contributed by atoms with van der Waals surface area (Å²) in [5.74, 6) is 1.85. The molecule has 5 nitrogen and oxygen atoms in total. The number of rotatable bonds is 4. The Balaban J connectivity index is 2.28. The normalized spacial score (nSPS) is 19.9. The minimum Gasteiger partial charge on any atom is -0.394 e. The van der Waals surface area contributed by atoms with E-state index in [1.54, 1.807) is 6.33 Å². The SMILES string of the molecule is CCNc1ncnc(N2CCCCC2CO)c1C. The summed E-state index contributed by atoms with van der Waals surface area (Å²) < 4.78 is 0. The van der Waals surface area contributed by atoms with E-state index in [0.29, 0.717) is 0 Å². The summed E-state index contributed by atoms with van der Waals surface area (Å²) in [5.41, 5.74) is 1.07. The van der Waals surface area contributed by atoms with Crippen LogP contribution in [0.2, 0.25) is 0 Å². The maximum absolute atomic E-state index is 9.49. The fourth-order valence-corrected chi connectivity index (χ4v) is 2.55. The van der Waals surface area contributed by atoms with Crippen LogP contribution in [0.15, 0.2) is 6.33 Å². The summed E-state index contributed by atoms with van der Waals surface area (Å²) in [7, 11) is 0. The van der Waals surface area contributed by atoms with Gasteiger partial charge in [0, 0.05) is 18.7 Å². The van der Waals surface area contributed by atoms with Crippen LogP contribution in [0.1, 0.15) is 31.7 Å². The van der Waals surface area contributed by atoms with Crippen molar-refractivity contribution in [3.63, 3.8) is 0 Å². The van der Waals surface area contributed by atoms with Crippen LogP contribution in [0.4, 0.5) is 11.6 Å². The van der Waals surface area contributed by atoms with E-state index in [4.69, 9.17) is 0 Å². The van der Waals surface area contributed by atoms with Crippen molar-refractivity contribution in [3.05, 3.63) is 11.9 Å². The maximum atomic E-state index is 9.49. The number of piperidine rings is 1. The smallest absolute Gasteiger partial charge is 0.137 e. The zero-order valence-corrected chi connectivity index (χ0v) is 11.2. The van der Waals surface area contributed by atoms with Crippen LogP contribution >= 0.6 is 0 Å². The number of hydrogen-bond donors (Lipinski definition) is 2. The van der Waals surface area contributed by atoms with E-state index in [-0.39, 0.29) is 12.6 Å². The van der Waals surface area contributed by atoms with E-state index in [1.807, 2.05) is 6.92 Å². The number of anilines is 2. The third-order valence-electron chi connectivity index (χ3n) is 3.51. The van der Waals surface area contributed by atoms with Crippen molar-refractivity contribution in [2.75, 3.05) is 29.9 Å². The van der Waals surface area contributed by atoms with Gasteiger partial charge in [0.05, 0.1) is 12.6 Å². The quantitative estimate of drug-likeness (QED) is 0.849. The average Bonchev–Trinajstić information content (AvgIpc) is 2.41. The molecule has 1 atom stereocenters. The molecule has 100 valence electrons. The van der Waals surface area contributed by atoms with Gasteiger partial charge in [0.25, 0.3) is 0 Å². The molecule has 5 heteroatoms.